The lowest BCUT2D eigenvalue weighted by atomic mass is 9.80. The molecule has 1 heterocycles. The maximum atomic E-state index is 13.1. The molecular weight excluding hydrogens is 394 g/mol. The smallest absolute Gasteiger partial charge is 0.338 e. The predicted octanol–water partition coefficient (Wildman–Crippen LogP) is 6.02. The van der Waals surface area contributed by atoms with Crippen molar-refractivity contribution in [1.29, 1.82) is 0 Å². The lowest BCUT2D eigenvalue weighted by molar-refractivity contribution is -0.384. The number of hydrogen-bond donors (Lipinski definition) is 1. The third-order valence-electron chi connectivity index (χ3n) is 5.99. The number of aliphatic hydroxyl groups is 1. The summed E-state index contributed by atoms with van der Waals surface area (Å²) >= 11 is 0. The highest BCUT2D eigenvalue weighted by atomic mass is 16.6. The van der Waals surface area contributed by atoms with Crippen LogP contribution in [0.4, 0.5) is 5.69 Å². The predicted molar refractivity (Wildman–Crippen MR) is 119 cm³/mol. The molecule has 0 aliphatic carbocycles. The second kappa shape index (κ2) is 9.77. The molecule has 1 aliphatic heterocycles. The van der Waals surface area contributed by atoms with Crippen LogP contribution in [0.2, 0.25) is 0 Å². The van der Waals surface area contributed by atoms with Crippen molar-refractivity contribution >= 4 is 11.7 Å². The van der Waals surface area contributed by atoms with Crippen molar-refractivity contribution in [2.75, 3.05) is 0 Å². The number of esters is 1. The van der Waals surface area contributed by atoms with Crippen molar-refractivity contribution < 1.29 is 19.6 Å². The molecule has 0 saturated carbocycles. The second-order valence-corrected chi connectivity index (χ2v) is 8.16. The van der Waals surface area contributed by atoms with Gasteiger partial charge in [-0.15, -0.1) is 0 Å². The maximum Gasteiger partial charge on any atom is 0.338 e. The van der Waals surface area contributed by atoms with Gasteiger partial charge >= 0.3 is 5.97 Å². The number of ether oxygens (including phenoxy) is 1. The van der Waals surface area contributed by atoms with Crippen LogP contribution in [0.15, 0.2) is 65.9 Å². The Morgan fingerprint density at radius 3 is 2.48 bits per heavy atom. The Labute approximate surface area is 182 Å². The number of nitrogens with zero attached hydrogens (tertiary/aromatic N) is 1. The summed E-state index contributed by atoms with van der Waals surface area (Å²) in [5.41, 5.74) is 1.22. The molecule has 0 radical (unpaired) electrons. The van der Waals surface area contributed by atoms with E-state index in [4.69, 9.17) is 4.74 Å². The van der Waals surface area contributed by atoms with Crippen molar-refractivity contribution in [2.24, 2.45) is 0 Å². The van der Waals surface area contributed by atoms with Crippen LogP contribution in [0.25, 0.3) is 0 Å². The third kappa shape index (κ3) is 5.13. The zero-order chi connectivity index (χ0) is 22.4. The summed E-state index contributed by atoms with van der Waals surface area (Å²) < 4.78 is 6.01. The fourth-order valence-corrected chi connectivity index (χ4v) is 4.49. The molecule has 0 aromatic heterocycles. The van der Waals surface area contributed by atoms with E-state index in [9.17, 15) is 20.0 Å². The number of aryl methyl sites for hydroxylation is 1. The van der Waals surface area contributed by atoms with E-state index < -0.39 is 22.4 Å². The first kappa shape index (κ1) is 22.5. The third-order valence-corrected chi connectivity index (χ3v) is 5.99. The van der Waals surface area contributed by atoms with E-state index in [2.05, 4.69) is 0 Å². The van der Waals surface area contributed by atoms with E-state index in [1.165, 1.54) is 12.1 Å². The topological polar surface area (TPSA) is 89.7 Å². The highest BCUT2D eigenvalue weighted by molar-refractivity contribution is 5.92. The van der Waals surface area contributed by atoms with Crippen molar-refractivity contribution in [3.63, 3.8) is 0 Å². The van der Waals surface area contributed by atoms with Crippen LogP contribution in [-0.2, 0) is 16.0 Å². The zero-order valence-electron chi connectivity index (χ0n) is 18.0. The maximum absolute atomic E-state index is 13.1. The molecule has 31 heavy (non-hydrogen) atoms. The molecule has 6 heteroatoms. The first-order valence-corrected chi connectivity index (χ1v) is 10.8. The average Bonchev–Trinajstić information content (AvgIpc) is 2.76. The number of hydrogen-bond acceptors (Lipinski definition) is 5. The molecule has 2 atom stereocenters. The van der Waals surface area contributed by atoms with Crippen molar-refractivity contribution in [3.05, 3.63) is 87.2 Å². The van der Waals surface area contributed by atoms with E-state index in [0.29, 0.717) is 24.8 Å². The fourth-order valence-electron chi connectivity index (χ4n) is 4.49. The van der Waals surface area contributed by atoms with Gasteiger partial charge in [-0.05, 0) is 36.8 Å². The van der Waals surface area contributed by atoms with Gasteiger partial charge in [-0.1, -0.05) is 62.7 Å². The number of aliphatic hydroxyl groups excluding tert-OH is 1. The molecule has 0 fully saturated rings. The largest absolute Gasteiger partial charge is 0.512 e. The van der Waals surface area contributed by atoms with Crippen LogP contribution >= 0.6 is 0 Å². The SMILES string of the molecule is CCC[C@@]1(CCc2ccccc2)CC(O)=C(C(CC)c2cccc([N+](=O)[O-])c2)C(=O)O1. The Hall–Kier alpha value is -3.15. The van der Waals surface area contributed by atoms with E-state index in [0.717, 1.165) is 18.4 Å². The molecule has 6 nitrogen and oxygen atoms in total. The van der Waals surface area contributed by atoms with Crippen molar-refractivity contribution in [3.8, 4) is 0 Å². The van der Waals surface area contributed by atoms with Crippen LogP contribution < -0.4 is 0 Å². The van der Waals surface area contributed by atoms with Crippen LogP contribution in [0.1, 0.15) is 63.0 Å². The Kier molecular flexibility index (Phi) is 7.10. The number of nitro groups is 1. The summed E-state index contributed by atoms with van der Waals surface area (Å²) in [4.78, 5) is 23.8. The Morgan fingerprint density at radius 1 is 1.13 bits per heavy atom. The Balaban J connectivity index is 1.89. The van der Waals surface area contributed by atoms with Crippen LogP contribution in [0, 0.1) is 10.1 Å². The van der Waals surface area contributed by atoms with Crippen LogP contribution in [0.3, 0.4) is 0 Å². The molecule has 3 rings (SSSR count). The molecular formula is C25H29NO5. The monoisotopic (exact) mass is 423 g/mol. The number of cyclic esters (lactones) is 1. The van der Waals surface area contributed by atoms with E-state index in [1.807, 2.05) is 44.2 Å². The Morgan fingerprint density at radius 2 is 1.87 bits per heavy atom. The van der Waals surface area contributed by atoms with E-state index >= 15 is 0 Å². The Bertz CT molecular complexity index is 969. The normalized spacial score (nSPS) is 19.7. The highest BCUT2D eigenvalue weighted by Crippen LogP contribution is 2.42. The number of non-ortho nitro benzene ring substituents is 1. The van der Waals surface area contributed by atoms with Crippen LogP contribution in [0.5, 0.6) is 0 Å². The molecule has 2 aromatic carbocycles. The summed E-state index contributed by atoms with van der Waals surface area (Å²) in [7, 11) is 0. The number of nitro benzene ring substituents is 1. The summed E-state index contributed by atoms with van der Waals surface area (Å²) in [5, 5.41) is 22.2. The fraction of sp³-hybridized carbons (Fsp3) is 0.400. The number of carbonyl (C=O) groups excluding carboxylic acids is 1. The molecule has 0 amide bonds. The van der Waals surface area contributed by atoms with Gasteiger partial charge in [-0.2, -0.15) is 0 Å². The number of rotatable bonds is 9. The summed E-state index contributed by atoms with van der Waals surface area (Å²) in [6.45, 7) is 3.92. The zero-order valence-corrected chi connectivity index (χ0v) is 18.0. The molecule has 164 valence electrons. The van der Waals surface area contributed by atoms with E-state index in [-0.39, 0.29) is 23.4 Å². The van der Waals surface area contributed by atoms with Gasteiger partial charge in [0, 0.05) is 24.5 Å². The summed E-state index contributed by atoms with van der Waals surface area (Å²) in [6, 6.07) is 16.2. The van der Waals surface area contributed by atoms with Gasteiger partial charge in [0.05, 0.1) is 10.5 Å². The minimum absolute atomic E-state index is 0.0381. The van der Waals surface area contributed by atoms with Gasteiger partial charge in [-0.25, -0.2) is 4.79 Å². The molecule has 0 spiro atoms. The minimum Gasteiger partial charge on any atom is -0.512 e. The van der Waals surface area contributed by atoms with Crippen molar-refractivity contribution in [2.45, 2.75) is 63.9 Å². The lowest BCUT2D eigenvalue weighted by Gasteiger charge is -2.38. The molecule has 1 unspecified atom stereocenters. The highest BCUT2D eigenvalue weighted by Gasteiger charge is 2.43. The first-order chi connectivity index (χ1) is 14.9. The number of benzene rings is 2. The second-order valence-electron chi connectivity index (χ2n) is 8.16. The van der Waals surface area contributed by atoms with Gasteiger partial charge < -0.3 is 9.84 Å². The molecule has 0 saturated heterocycles. The summed E-state index contributed by atoms with van der Waals surface area (Å²) in [5.74, 6) is -0.944. The first-order valence-electron chi connectivity index (χ1n) is 10.8. The molecule has 1 N–H and O–H groups in total. The minimum atomic E-state index is -0.740. The quantitative estimate of drug-likeness (QED) is 0.303. The average molecular weight is 424 g/mol. The lowest BCUT2D eigenvalue weighted by Crippen LogP contribution is -2.41. The summed E-state index contributed by atoms with van der Waals surface area (Å²) in [6.07, 6.45) is 3.64. The van der Waals surface area contributed by atoms with Crippen molar-refractivity contribution in [1.82, 2.24) is 0 Å². The van der Waals surface area contributed by atoms with Gasteiger partial charge in [0.1, 0.15) is 11.4 Å². The van der Waals surface area contributed by atoms with Gasteiger partial charge in [0.2, 0.25) is 0 Å². The number of carbonyl (C=O) groups is 1. The van der Waals surface area contributed by atoms with Gasteiger partial charge in [-0.3, -0.25) is 10.1 Å². The van der Waals surface area contributed by atoms with Gasteiger partial charge in [0.25, 0.3) is 5.69 Å². The molecule has 1 aliphatic rings. The standard InChI is InChI=1S/C25H29NO5/c1-3-14-25(15-13-18-9-6-5-7-10-18)17-22(27)23(24(28)31-25)21(4-2)19-11-8-12-20(16-19)26(29)30/h5-12,16,21,27H,3-4,13-15,17H2,1-2H3/t21?,25-/m1/s1. The van der Waals surface area contributed by atoms with Crippen LogP contribution in [-0.4, -0.2) is 21.6 Å². The van der Waals surface area contributed by atoms with Gasteiger partial charge in [0.15, 0.2) is 0 Å². The molecule has 0 bridgehead atoms. The van der Waals surface area contributed by atoms with E-state index in [1.54, 1.807) is 12.1 Å². The molecule has 2 aromatic rings.